The number of hydrogen-bond acceptors (Lipinski definition) is 3. The molecular formula is C16H27N3. The van der Waals surface area contributed by atoms with Crippen LogP contribution < -0.4 is 5.32 Å². The van der Waals surface area contributed by atoms with Gasteiger partial charge < -0.3 is 10.2 Å². The smallest absolute Gasteiger partial charge is 0.0300 e. The van der Waals surface area contributed by atoms with E-state index in [1.54, 1.807) is 0 Å². The normalized spacial score (nSPS) is 17.7. The van der Waals surface area contributed by atoms with Gasteiger partial charge in [0.05, 0.1) is 0 Å². The molecule has 0 aromatic carbocycles. The Morgan fingerprint density at radius 3 is 2.89 bits per heavy atom. The molecule has 1 N–H and O–H groups in total. The van der Waals surface area contributed by atoms with E-state index in [0.29, 0.717) is 0 Å². The van der Waals surface area contributed by atoms with Crippen molar-refractivity contribution in [2.75, 3.05) is 32.7 Å². The van der Waals surface area contributed by atoms with E-state index in [1.807, 2.05) is 18.5 Å². The molecule has 2 heterocycles. The fourth-order valence-electron chi connectivity index (χ4n) is 2.73. The Bertz CT molecular complexity index is 331. The van der Waals surface area contributed by atoms with Crippen LogP contribution in [0.15, 0.2) is 24.5 Å². The zero-order valence-electron chi connectivity index (χ0n) is 12.1. The van der Waals surface area contributed by atoms with Gasteiger partial charge in [-0.05, 0) is 69.4 Å². The van der Waals surface area contributed by atoms with Gasteiger partial charge in [-0.2, -0.15) is 0 Å². The van der Waals surface area contributed by atoms with E-state index < -0.39 is 0 Å². The number of likely N-dealkylation sites (tertiary alicyclic amines) is 1. The van der Waals surface area contributed by atoms with Gasteiger partial charge >= 0.3 is 0 Å². The highest BCUT2D eigenvalue weighted by Crippen LogP contribution is 2.16. The van der Waals surface area contributed by atoms with Crippen LogP contribution in [0, 0.1) is 5.92 Å². The molecule has 1 aromatic heterocycles. The number of nitrogens with zero attached hydrogens (tertiary/aromatic N) is 2. The average molecular weight is 261 g/mol. The lowest BCUT2D eigenvalue weighted by molar-refractivity contribution is 0.184. The zero-order valence-corrected chi connectivity index (χ0v) is 12.1. The van der Waals surface area contributed by atoms with Gasteiger partial charge in [-0.1, -0.05) is 13.0 Å². The Morgan fingerprint density at radius 1 is 1.37 bits per heavy atom. The predicted molar refractivity (Wildman–Crippen MR) is 80.3 cm³/mol. The summed E-state index contributed by atoms with van der Waals surface area (Å²) >= 11 is 0. The molecule has 0 amide bonds. The molecule has 19 heavy (non-hydrogen) atoms. The summed E-state index contributed by atoms with van der Waals surface area (Å²) in [5.74, 6) is 0.890. The minimum absolute atomic E-state index is 0.890. The summed E-state index contributed by atoms with van der Waals surface area (Å²) in [6, 6.07) is 4.20. The summed E-state index contributed by atoms with van der Waals surface area (Å²) in [5, 5.41) is 3.55. The molecule has 0 saturated carbocycles. The largest absolute Gasteiger partial charge is 0.316 e. The van der Waals surface area contributed by atoms with Crippen molar-refractivity contribution in [2.24, 2.45) is 5.92 Å². The third kappa shape index (κ3) is 5.29. The molecule has 0 spiro atoms. The molecule has 1 aliphatic heterocycles. The lowest BCUT2D eigenvalue weighted by Gasteiger charge is -2.32. The highest BCUT2D eigenvalue weighted by atomic mass is 15.1. The monoisotopic (exact) mass is 261 g/mol. The SMILES string of the molecule is CCCNCC1CCN(CCc2cccnc2)CC1. The molecule has 1 saturated heterocycles. The first-order valence-corrected chi connectivity index (χ1v) is 7.70. The summed E-state index contributed by atoms with van der Waals surface area (Å²) < 4.78 is 0. The van der Waals surface area contributed by atoms with Crippen LogP contribution in [0.1, 0.15) is 31.7 Å². The predicted octanol–water partition coefficient (Wildman–Crippen LogP) is 2.34. The number of nitrogens with one attached hydrogen (secondary N) is 1. The van der Waals surface area contributed by atoms with Crippen molar-refractivity contribution in [1.82, 2.24) is 15.2 Å². The van der Waals surface area contributed by atoms with E-state index >= 15 is 0 Å². The maximum atomic E-state index is 4.18. The molecule has 1 fully saturated rings. The van der Waals surface area contributed by atoms with Gasteiger partial charge in [0.2, 0.25) is 0 Å². The fraction of sp³-hybridized carbons (Fsp3) is 0.688. The summed E-state index contributed by atoms with van der Waals surface area (Å²) in [6.07, 6.45) is 8.91. The maximum Gasteiger partial charge on any atom is 0.0300 e. The van der Waals surface area contributed by atoms with Crippen molar-refractivity contribution in [1.29, 1.82) is 0 Å². The fourth-order valence-corrected chi connectivity index (χ4v) is 2.73. The minimum atomic E-state index is 0.890. The molecule has 0 atom stereocenters. The van der Waals surface area contributed by atoms with Crippen LogP contribution in [0.4, 0.5) is 0 Å². The highest BCUT2D eigenvalue weighted by molar-refractivity contribution is 5.08. The summed E-state index contributed by atoms with van der Waals surface area (Å²) in [7, 11) is 0. The van der Waals surface area contributed by atoms with Crippen LogP contribution in [-0.2, 0) is 6.42 Å². The highest BCUT2D eigenvalue weighted by Gasteiger charge is 2.18. The van der Waals surface area contributed by atoms with Gasteiger partial charge in [0.15, 0.2) is 0 Å². The number of rotatable bonds is 7. The molecule has 2 rings (SSSR count). The van der Waals surface area contributed by atoms with E-state index in [0.717, 1.165) is 12.3 Å². The maximum absolute atomic E-state index is 4.18. The molecule has 1 aromatic rings. The third-order valence-electron chi connectivity index (χ3n) is 4.01. The number of hydrogen-bond donors (Lipinski definition) is 1. The molecule has 3 heteroatoms. The topological polar surface area (TPSA) is 28.2 Å². The van der Waals surface area contributed by atoms with Crippen molar-refractivity contribution in [3.63, 3.8) is 0 Å². The summed E-state index contributed by atoms with van der Waals surface area (Å²) in [6.45, 7) is 8.32. The van der Waals surface area contributed by atoms with Gasteiger partial charge in [-0.3, -0.25) is 4.98 Å². The third-order valence-corrected chi connectivity index (χ3v) is 4.01. The van der Waals surface area contributed by atoms with Crippen LogP contribution in [0.5, 0.6) is 0 Å². The molecule has 106 valence electrons. The first-order valence-electron chi connectivity index (χ1n) is 7.70. The van der Waals surface area contributed by atoms with Crippen molar-refractivity contribution in [3.05, 3.63) is 30.1 Å². The number of aromatic nitrogens is 1. The van der Waals surface area contributed by atoms with Crippen LogP contribution in [0.3, 0.4) is 0 Å². The van der Waals surface area contributed by atoms with Crippen molar-refractivity contribution < 1.29 is 0 Å². The number of piperidine rings is 1. The van der Waals surface area contributed by atoms with Gasteiger partial charge in [-0.25, -0.2) is 0 Å². The molecule has 0 radical (unpaired) electrons. The van der Waals surface area contributed by atoms with Crippen LogP contribution in [-0.4, -0.2) is 42.6 Å². The first kappa shape index (κ1) is 14.5. The average Bonchev–Trinajstić information content (AvgIpc) is 2.48. The molecule has 0 aliphatic carbocycles. The van der Waals surface area contributed by atoms with E-state index in [4.69, 9.17) is 0 Å². The molecule has 3 nitrogen and oxygen atoms in total. The minimum Gasteiger partial charge on any atom is -0.316 e. The second-order valence-electron chi connectivity index (χ2n) is 5.60. The van der Waals surface area contributed by atoms with E-state index in [2.05, 4.69) is 28.2 Å². The van der Waals surface area contributed by atoms with Gasteiger partial charge in [-0.15, -0.1) is 0 Å². The second kappa shape index (κ2) is 8.28. The van der Waals surface area contributed by atoms with Crippen LogP contribution in [0.25, 0.3) is 0 Å². The van der Waals surface area contributed by atoms with Crippen molar-refractivity contribution in [3.8, 4) is 0 Å². The van der Waals surface area contributed by atoms with Gasteiger partial charge in [0, 0.05) is 18.9 Å². The summed E-state index contributed by atoms with van der Waals surface area (Å²) in [4.78, 5) is 6.78. The van der Waals surface area contributed by atoms with Gasteiger partial charge in [0.25, 0.3) is 0 Å². The Kier molecular flexibility index (Phi) is 6.31. The Hall–Kier alpha value is -0.930. The van der Waals surface area contributed by atoms with E-state index in [-0.39, 0.29) is 0 Å². The zero-order chi connectivity index (χ0) is 13.3. The summed E-state index contributed by atoms with van der Waals surface area (Å²) in [5.41, 5.74) is 1.36. The Labute approximate surface area is 117 Å². The Morgan fingerprint density at radius 2 is 2.21 bits per heavy atom. The quantitative estimate of drug-likeness (QED) is 0.764. The first-order chi connectivity index (χ1) is 9.38. The van der Waals surface area contributed by atoms with Gasteiger partial charge in [0.1, 0.15) is 0 Å². The molecule has 1 aliphatic rings. The van der Waals surface area contributed by atoms with Crippen LogP contribution >= 0.6 is 0 Å². The standard InChI is InChI=1S/C16H27N3/c1-2-8-17-14-16-6-11-19(12-7-16)10-5-15-4-3-9-18-13-15/h3-4,9,13,16-17H,2,5-8,10-12,14H2,1H3. The molecular weight excluding hydrogens is 234 g/mol. The molecule has 0 bridgehead atoms. The van der Waals surface area contributed by atoms with E-state index in [9.17, 15) is 0 Å². The van der Waals surface area contributed by atoms with Crippen molar-refractivity contribution in [2.45, 2.75) is 32.6 Å². The Balaban J connectivity index is 1.61. The van der Waals surface area contributed by atoms with Crippen molar-refractivity contribution >= 4 is 0 Å². The molecule has 0 unspecified atom stereocenters. The van der Waals surface area contributed by atoms with Crippen LogP contribution in [0.2, 0.25) is 0 Å². The second-order valence-corrected chi connectivity index (χ2v) is 5.60. The lowest BCUT2D eigenvalue weighted by Crippen LogP contribution is -2.38. The number of pyridine rings is 1. The lowest BCUT2D eigenvalue weighted by atomic mass is 9.96. The van der Waals surface area contributed by atoms with E-state index in [1.165, 1.54) is 57.5 Å².